The number of nitrogens with zero attached hydrogens (tertiary/aromatic N) is 2. The summed E-state index contributed by atoms with van der Waals surface area (Å²) in [5.41, 5.74) is 2.86. The van der Waals surface area contributed by atoms with Crippen molar-refractivity contribution < 1.29 is 0 Å². The maximum Gasteiger partial charge on any atom is 0.211 e. The summed E-state index contributed by atoms with van der Waals surface area (Å²) < 4.78 is 2.11. The van der Waals surface area contributed by atoms with Crippen molar-refractivity contribution in [3.05, 3.63) is 45.5 Å². The quantitative estimate of drug-likeness (QED) is 0.621. The molecule has 0 amide bonds. The van der Waals surface area contributed by atoms with Gasteiger partial charge in [-0.05, 0) is 26.2 Å². The van der Waals surface area contributed by atoms with Crippen molar-refractivity contribution in [3.8, 4) is 0 Å². The Labute approximate surface area is 132 Å². The van der Waals surface area contributed by atoms with Crippen LogP contribution < -0.4 is 5.43 Å². The minimum absolute atomic E-state index is 0.135. The van der Waals surface area contributed by atoms with Gasteiger partial charge in [0.15, 0.2) is 5.16 Å². The number of thioether (sulfide) groups is 1. The lowest BCUT2D eigenvalue weighted by Crippen LogP contribution is -2.07. The predicted molar refractivity (Wildman–Crippen MR) is 91.6 cm³/mol. The molecule has 3 nitrogen and oxygen atoms in total. The van der Waals surface area contributed by atoms with E-state index >= 15 is 0 Å². The van der Waals surface area contributed by atoms with Gasteiger partial charge in [0.2, 0.25) is 5.43 Å². The molecule has 0 saturated carbocycles. The molecule has 0 aliphatic heterocycles. The molecule has 5 heteroatoms. The molecular weight excluding hydrogens is 300 g/mol. The highest BCUT2D eigenvalue weighted by Crippen LogP contribution is 2.32. The highest BCUT2D eigenvalue weighted by molar-refractivity contribution is 7.99. The van der Waals surface area contributed by atoms with Crippen molar-refractivity contribution in [2.75, 3.05) is 5.75 Å². The molecule has 3 rings (SSSR count). The highest BCUT2D eigenvalue weighted by Gasteiger charge is 2.22. The average Bonchev–Trinajstić information content (AvgIpc) is 3.03. The third kappa shape index (κ3) is 2.60. The van der Waals surface area contributed by atoms with E-state index in [1.165, 1.54) is 4.88 Å². The molecule has 2 aromatic rings. The summed E-state index contributed by atoms with van der Waals surface area (Å²) in [5.74, 6) is 0.818. The number of allylic oxidation sites excluding steroid dienone is 1. The molecule has 0 fully saturated rings. The highest BCUT2D eigenvalue weighted by atomic mass is 32.2. The number of hydrogen-bond acceptors (Lipinski definition) is 4. The number of hydrogen-bond donors (Lipinski definition) is 0. The number of imidazole rings is 1. The van der Waals surface area contributed by atoms with E-state index in [2.05, 4.69) is 22.7 Å². The van der Waals surface area contributed by atoms with Crippen LogP contribution in [0.2, 0.25) is 0 Å². The zero-order valence-corrected chi connectivity index (χ0v) is 13.8. The van der Waals surface area contributed by atoms with Gasteiger partial charge in [0.1, 0.15) is 10.3 Å². The maximum absolute atomic E-state index is 12.6. The Balaban J connectivity index is 2.18. The third-order valence-electron chi connectivity index (χ3n) is 3.52. The van der Waals surface area contributed by atoms with Crippen LogP contribution in [0.4, 0.5) is 0 Å². The number of aromatic nitrogens is 2. The third-order valence-corrected chi connectivity index (χ3v) is 6.03. The minimum Gasteiger partial charge on any atom is -0.307 e. The molecule has 0 atom stereocenters. The van der Waals surface area contributed by atoms with Gasteiger partial charge in [-0.1, -0.05) is 30.0 Å². The maximum atomic E-state index is 12.6. The first-order valence-corrected chi connectivity index (χ1v) is 8.85. The van der Waals surface area contributed by atoms with Gasteiger partial charge >= 0.3 is 0 Å². The van der Waals surface area contributed by atoms with Gasteiger partial charge in [0, 0.05) is 22.7 Å². The molecule has 0 saturated heterocycles. The van der Waals surface area contributed by atoms with Gasteiger partial charge in [0.05, 0.1) is 0 Å². The lowest BCUT2D eigenvalue weighted by atomic mass is 10.2. The lowest BCUT2D eigenvalue weighted by molar-refractivity contribution is 0.753. The van der Waals surface area contributed by atoms with Crippen LogP contribution in [0.3, 0.4) is 0 Å². The number of fused-ring (bicyclic) bond motifs is 2. The fraction of sp³-hybridized carbons (Fsp3) is 0.375. The second-order valence-electron chi connectivity index (χ2n) is 5.38. The molecular formula is C16H18N2OS2. The zero-order valence-electron chi connectivity index (χ0n) is 12.1. The number of rotatable bonds is 5. The van der Waals surface area contributed by atoms with E-state index < -0.39 is 0 Å². The zero-order chi connectivity index (χ0) is 15.0. The van der Waals surface area contributed by atoms with Crippen molar-refractivity contribution in [3.63, 3.8) is 0 Å². The Morgan fingerprint density at radius 2 is 2.33 bits per heavy atom. The molecule has 0 radical (unpaired) electrons. The van der Waals surface area contributed by atoms with Gasteiger partial charge in [-0.3, -0.25) is 4.79 Å². The largest absolute Gasteiger partial charge is 0.307 e. The monoisotopic (exact) mass is 318 g/mol. The van der Waals surface area contributed by atoms with E-state index in [1.807, 2.05) is 13.0 Å². The van der Waals surface area contributed by atoms with Crippen molar-refractivity contribution in [2.45, 2.75) is 37.9 Å². The molecule has 0 bridgehead atoms. The van der Waals surface area contributed by atoms with E-state index in [9.17, 15) is 4.79 Å². The molecule has 2 heterocycles. The van der Waals surface area contributed by atoms with E-state index in [0.717, 1.165) is 46.1 Å². The SMILES string of the molecule is C=CCn1c(SCC(=C)C)nc2c(=O)c3c(sc21)CCC3. The van der Waals surface area contributed by atoms with Crippen LogP contribution in [0.1, 0.15) is 23.8 Å². The van der Waals surface area contributed by atoms with Gasteiger partial charge in [-0.15, -0.1) is 17.9 Å². The second kappa shape index (κ2) is 5.81. The molecule has 0 spiro atoms. The van der Waals surface area contributed by atoms with Gasteiger partial charge in [-0.2, -0.15) is 0 Å². The Kier molecular flexibility index (Phi) is 4.04. The van der Waals surface area contributed by atoms with Crippen LogP contribution >= 0.6 is 23.1 Å². The first-order valence-electron chi connectivity index (χ1n) is 7.05. The van der Waals surface area contributed by atoms with Crippen molar-refractivity contribution >= 4 is 33.4 Å². The number of aryl methyl sites for hydroxylation is 1. The first kappa shape index (κ1) is 14.6. The van der Waals surface area contributed by atoms with Crippen molar-refractivity contribution in [2.24, 2.45) is 0 Å². The smallest absolute Gasteiger partial charge is 0.211 e. The fourth-order valence-electron chi connectivity index (χ4n) is 2.59. The van der Waals surface area contributed by atoms with E-state index in [-0.39, 0.29) is 5.43 Å². The summed E-state index contributed by atoms with van der Waals surface area (Å²) in [7, 11) is 0. The summed E-state index contributed by atoms with van der Waals surface area (Å²) in [4.78, 5) is 19.5. The Hall–Kier alpha value is -1.33. The summed E-state index contributed by atoms with van der Waals surface area (Å²) >= 11 is 3.37. The van der Waals surface area contributed by atoms with E-state index in [0.29, 0.717) is 12.1 Å². The molecule has 21 heavy (non-hydrogen) atoms. The van der Waals surface area contributed by atoms with Crippen LogP contribution in [-0.4, -0.2) is 15.3 Å². The molecule has 2 aromatic heterocycles. The van der Waals surface area contributed by atoms with Crippen LogP contribution in [0.15, 0.2) is 34.8 Å². The Bertz CT molecular complexity index is 786. The second-order valence-corrected chi connectivity index (χ2v) is 7.41. The van der Waals surface area contributed by atoms with Gasteiger partial charge in [0.25, 0.3) is 0 Å². The van der Waals surface area contributed by atoms with E-state index in [4.69, 9.17) is 0 Å². The normalized spacial score (nSPS) is 13.6. The fourth-order valence-corrected chi connectivity index (χ4v) is 4.80. The van der Waals surface area contributed by atoms with Gasteiger partial charge < -0.3 is 4.57 Å². The topological polar surface area (TPSA) is 34.9 Å². The van der Waals surface area contributed by atoms with Crippen molar-refractivity contribution in [1.82, 2.24) is 9.55 Å². The molecule has 1 aliphatic carbocycles. The summed E-state index contributed by atoms with van der Waals surface area (Å²) in [6.07, 6.45) is 4.88. The van der Waals surface area contributed by atoms with Gasteiger partial charge in [-0.25, -0.2) is 4.98 Å². The molecule has 0 unspecified atom stereocenters. The van der Waals surface area contributed by atoms with Crippen LogP contribution in [0.25, 0.3) is 10.3 Å². The van der Waals surface area contributed by atoms with Crippen LogP contribution in [0.5, 0.6) is 0 Å². The molecule has 1 aliphatic rings. The standard InChI is InChI=1S/C16H18N2OS2/c1-4-8-18-15-13(17-16(18)20-9-10(2)3)14(19)11-6-5-7-12(11)21-15/h4H,1-2,5-9H2,3H3. The summed E-state index contributed by atoms with van der Waals surface area (Å²) in [5, 5.41) is 0.893. The molecule has 0 N–H and O–H groups in total. The lowest BCUT2D eigenvalue weighted by Gasteiger charge is -2.05. The van der Waals surface area contributed by atoms with Crippen molar-refractivity contribution in [1.29, 1.82) is 0 Å². The summed E-state index contributed by atoms with van der Waals surface area (Å²) in [6.45, 7) is 10.4. The first-order chi connectivity index (χ1) is 10.1. The Morgan fingerprint density at radius 3 is 3.05 bits per heavy atom. The summed E-state index contributed by atoms with van der Waals surface area (Å²) in [6, 6.07) is 0. The van der Waals surface area contributed by atoms with Crippen LogP contribution in [-0.2, 0) is 19.4 Å². The van der Waals surface area contributed by atoms with E-state index in [1.54, 1.807) is 23.1 Å². The Morgan fingerprint density at radius 1 is 1.52 bits per heavy atom. The molecule has 0 aromatic carbocycles. The minimum atomic E-state index is 0.135. The average molecular weight is 318 g/mol. The molecule has 110 valence electrons. The van der Waals surface area contributed by atoms with Crippen LogP contribution in [0, 0.1) is 0 Å². The predicted octanol–water partition coefficient (Wildman–Crippen LogP) is 3.80.